The van der Waals surface area contributed by atoms with Crippen LogP contribution in [0.4, 0.5) is 0 Å². The molecule has 9 rings (SSSR count). The fourth-order valence-corrected chi connectivity index (χ4v) is 7.07. The number of benzene rings is 8. The van der Waals surface area contributed by atoms with E-state index in [1.165, 1.54) is 76.5 Å². The van der Waals surface area contributed by atoms with Gasteiger partial charge in [0, 0.05) is 11.8 Å². The minimum Gasteiger partial charge on any atom is -0.256 e. The summed E-state index contributed by atoms with van der Waals surface area (Å²) in [4.78, 5) is 4.85. The van der Waals surface area contributed by atoms with Crippen molar-refractivity contribution in [1.29, 1.82) is 0 Å². The van der Waals surface area contributed by atoms with E-state index >= 15 is 0 Å². The zero-order chi connectivity index (χ0) is 29.0. The third-order valence-corrected chi connectivity index (χ3v) is 9.09. The summed E-state index contributed by atoms with van der Waals surface area (Å²) in [6, 6.07) is 57.1. The predicted molar refractivity (Wildman–Crippen MR) is 187 cm³/mol. The summed E-state index contributed by atoms with van der Waals surface area (Å²) in [6.07, 6.45) is 1.93. The Balaban J connectivity index is 1.27. The maximum absolute atomic E-state index is 4.85. The van der Waals surface area contributed by atoms with Crippen molar-refractivity contribution in [3.8, 4) is 44.6 Å². The molecule has 1 aromatic heterocycles. The molecule has 0 aliphatic carbocycles. The Kier molecular flexibility index (Phi) is 5.57. The van der Waals surface area contributed by atoms with Gasteiger partial charge in [-0.3, -0.25) is 4.98 Å². The minimum absolute atomic E-state index is 0.993. The van der Waals surface area contributed by atoms with Gasteiger partial charge < -0.3 is 0 Å². The Labute approximate surface area is 256 Å². The lowest BCUT2D eigenvalue weighted by atomic mass is 9.85. The highest BCUT2D eigenvalue weighted by molar-refractivity contribution is 6.35. The molecule has 0 N–H and O–H groups in total. The van der Waals surface area contributed by atoms with Crippen LogP contribution in [0.25, 0.3) is 87.7 Å². The molecule has 1 nitrogen and oxygen atoms in total. The highest BCUT2D eigenvalue weighted by atomic mass is 14.7. The standard InChI is InChI=1S/C43H27N/c1-3-10-28(11-4-1)30-14-7-15-32(26-30)33-20-22-39-38-19-9-17-36-34(41-27-31(24-25-44-41)29-12-5-2-6-13-29)21-23-40(43(36)38)37-18-8-16-35(33)42(37)39/h1-27H. The number of rotatable bonds is 4. The summed E-state index contributed by atoms with van der Waals surface area (Å²) in [5.41, 5.74) is 9.49. The average molecular weight is 558 g/mol. The number of hydrogen-bond donors (Lipinski definition) is 0. The molecule has 1 heteroatoms. The Bertz CT molecular complexity index is 2280. The Hall–Kier alpha value is -5.79. The van der Waals surface area contributed by atoms with Gasteiger partial charge in [0.15, 0.2) is 0 Å². The van der Waals surface area contributed by atoms with Gasteiger partial charge in [0.2, 0.25) is 0 Å². The van der Waals surface area contributed by atoms with Gasteiger partial charge in [-0.1, -0.05) is 140 Å². The van der Waals surface area contributed by atoms with Gasteiger partial charge in [-0.15, -0.1) is 0 Å². The van der Waals surface area contributed by atoms with Crippen molar-refractivity contribution in [2.75, 3.05) is 0 Å². The molecule has 0 aliphatic rings. The van der Waals surface area contributed by atoms with E-state index in [1.54, 1.807) is 0 Å². The predicted octanol–water partition coefficient (Wildman–Crippen LogP) is 11.8. The Morgan fingerprint density at radius 3 is 1.43 bits per heavy atom. The van der Waals surface area contributed by atoms with Crippen LogP contribution in [0.15, 0.2) is 164 Å². The molecular formula is C43H27N. The molecule has 0 spiro atoms. The second kappa shape index (κ2) is 9.90. The van der Waals surface area contributed by atoms with E-state index < -0.39 is 0 Å². The summed E-state index contributed by atoms with van der Waals surface area (Å²) < 4.78 is 0. The molecule has 0 saturated heterocycles. The molecule has 0 unspecified atom stereocenters. The molecule has 1 heterocycles. The summed E-state index contributed by atoms with van der Waals surface area (Å²) in [6.45, 7) is 0. The van der Waals surface area contributed by atoms with Crippen molar-refractivity contribution in [1.82, 2.24) is 4.98 Å². The summed E-state index contributed by atoms with van der Waals surface area (Å²) in [5, 5.41) is 10.3. The van der Waals surface area contributed by atoms with Gasteiger partial charge in [0.1, 0.15) is 0 Å². The van der Waals surface area contributed by atoms with E-state index in [9.17, 15) is 0 Å². The van der Waals surface area contributed by atoms with Crippen molar-refractivity contribution in [3.05, 3.63) is 164 Å². The maximum Gasteiger partial charge on any atom is 0.0714 e. The summed E-state index contributed by atoms with van der Waals surface area (Å²) >= 11 is 0. The fourth-order valence-electron chi connectivity index (χ4n) is 7.07. The van der Waals surface area contributed by atoms with Crippen LogP contribution in [0.1, 0.15) is 0 Å². The first-order chi connectivity index (χ1) is 21.8. The van der Waals surface area contributed by atoms with E-state index in [0.717, 1.165) is 11.3 Å². The lowest BCUT2D eigenvalue weighted by molar-refractivity contribution is 1.33. The molecule has 0 atom stereocenters. The second-order valence-electron chi connectivity index (χ2n) is 11.5. The molecular weight excluding hydrogens is 530 g/mol. The van der Waals surface area contributed by atoms with Crippen LogP contribution in [0.5, 0.6) is 0 Å². The molecule has 0 radical (unpaired) electrons. The zero-order valence-corrected chi connectivity index (χ0v) is 24.0. The summed E-state index contributed by atoms with van der Waals surface area (Å²) in [7, 11) is 0. The van der Waals surface area contributed by atoms with Crippen LogP contribution < -0.4 is 0 Å². The van der Waals surface area contributed by atoms with Crippen LogP contribution in [-0.2, 0) is 0 Å². The Morgan fingerprint density at radius 1 is 0.295 bits per heavy atom. The van der Waals surface area contributed by atoms with Crippen LogP contribution >= 0.6 is 0 Å². The largest absolute Gasteiger partial charge is 0.256 e. The lowest BCUT2D eigenvalue weighted by Crippen LogP contribution is -1.92. The number of pyridine rings is 1. The molecule has 204 valence electrons. The maximum atomic E-state index is 4.85. The SMILES string of the molecule is c1ccc(-c2cccc(-c3ccc4c5cccc6c(-c7cc(-c8ccccc8)ccn7)ccc(c7cccc3c47)c65)c2)cc1. The van der Waals surface area contributed by atoms with Crippen LogP contribution in [0.2, 0.25) is 0 Å². The number of fused-ring (bicyclic) bond motifs is 2. The molecule has 0 bridgehead atoms. The molecule has 44 heavy (non-hydrogen) atoms. The first kappa shape index (κ1) is 24.8. The first-order valence-corrected chi connectivity index (χ1v) is 15.1. The number of aromatic nitrogens is 1. The smallest absolute Gasteiger partial charge is 0.0714 e. The van der Waals surface area contributed by atoms with Crippen molar-refractivity contribution in [3.63, 3.8) is 0 Å². The van der Waals surface area contributed by atoms with Gasteiger partial charge in [0.25, 0.3) is 0 Å². The highest BCUT2D eigenvalue weighted by Gasteiger charge is 2.18. The van der Waals surface area contributed by atoms with Crippen molar-refractivity contribution >= 4 is 43.1 Å². The normalized spacial score (nSPS) is 11.6. The monoisotopic (exact) mass is 557 g/mol. The van der Waals surface area contributed by atoms with Crippen molar-refractivity contribution < 1.29 is 0 Å². The fraction of sp³-hybridized carbons (Fsp3) is 0. The number of hydrogen-bond acceptors (Lipinski definition) is 1. The van der Waals surface area contributed by atoms with E-state index in [4.69, 9.17) is 4.98 Å². The van der Waals surface area contributed by atoms with Gasteiger partial charge in [0.05, 0.1) is 5.69 Å². The van der Waals surface area contributed by atoms with E-state index in [2.05, 4.69) is 158 Å². The number of nitrogens with zero attached hydrogens (tertiary/aromatic N) is 1. The van der Waals surface area contributed by atoms with Gasteiger partial charge >= 0.3 is 0 Å². The van der Waals surface area contributed by atoms with Gasteiger partial charge in [-0.05, 0) is 94.7 Å². The molecule has 9 aromatic rings. The van der Waals surface area contributed by atoms with E-state index in [-0.39, 0.29) is 0 Å². The van der Waals surface area contributed by atoms with Crippen molar-refractivity contribution in [2.24, 2.45) is 0 Å². The van der Waals surface area contributed by atoms with E-state index in [0.29, 0.717) is 0 Å². The second-order valence-corrected chi connectivity index (χ2v) is 11.5. The van der Waals surface area contributed by atoms with E-state index in [1.807, 2.05) is 6.20 Å². The van der Waals surface area contributed by atoms with Gasteiger partial charge in [-0.25, -0.2) is 0 Å². The van der Waals surface area contributed by atoms with Crippen LogP contribution in [-0.4, -0.2) is 4.98 Å². The lowest BCUT2D eigenvalue weighted by Gasteiger charge is -2.18. The quantitative estimate of drug-likeness (QED) is 0.155. The molecule has 0 amide bonds. The Morgan fingerprint density at radius 2 is 0.773 bits per heavy atom. The van der Waals surface area contributed by atoms with Gasteiger partial charge in [-0.2, -0.15) is 0 Å². The third kappa shape index (κ3) is 3.83. The highest BCUT2D eigenvalue weighted by Crippen LogP contribution is 2.45. The zero-order valence-electron chi connectivity index (χ0n) is 24.0. The first-order valence-electron chi connectivity index (χ1n) is 15.1. The molecule has 0 saturated carbocycles. The minimum atomic E-state index is 0.993. The third-order valence-electron chi connectivity index (χ3n) is 9.09. The van der Waals surface area contributed by atoms with Crippen LogP contribution in [0, 0.1) is 0 Å². The molecule has 0 fully saturated rings. The molecule has 0 aliphatic heterocycles. The molecule has 8 aromatic carbocycles. The average Bonchev–Trinajstić information content (AvgIpc) is 3.11. The van der Waals surface area contributed by atoms with Crippen LogP contribution in [0.3, 0.4) is 0 Å². The summed E-state index contributed by atoms with van der Waals surface area (Å²) in [5.74, 6) is 0. The topological polar surface area (TPSA) is 12.9 Å². The van der Waals surface area contributed by atoms with Crippen molar-refractivity contribution in [2.45, 2.75) is 0 Å².